The highest BCUT2D eigenvalue weighted by Gasteiger charge is 2.22. The SMILES string of the molecule is Cc1cc(-c2ccc(C(=O)N3CCC(Cl)CC3)cc2)cc2cc(CCC(=O)/C=C/c3ccc(N)nc3)oc12. The van der Waals surface area contributed by atoms with Gasteiger partial charge in [0.05, 0.1) is 0 Å². The topological polar surface area (TPSA) is 89.4 Å². The number of nitrogens with zero attached hydrogens (tertiary/aromatic N) is 2. The largest absolute Gasteiger partial charge is 0.461 e. The van der Waals surface area contributed by atoms with Gasteiger partial charge in [0, 0.05) is 48.5 Å². The van der Waals surface area contributed by atoms with Crippen LogP contribution in [-0.2, 0) is 11.2 Å². The number of halogens is 1. The smallest absolute Gasteiger partial charge is 0.253 e. The summed E-state index contributed by atoms with van der Waals surface area (Å²) in [4.78, 5) is 31.1. The number of carbonyl (C=O) groups is 2. The first-order valence-corrected chi connectivity index (χ1v) is 13.3. The molecule has 3 heterocycles. The molecule has 2 aromatic heterocycles. The highest BCUT2D eigenvalue weighted by molar-refractivity contribution is 6.20. The van der Waals surface area contributed by atoms with Crippen LogP contribution in [0.25, 0.3) is 28.2 Å². The molecular formula is C31H30ClN3O3. The summed E-state index contributed by atoms with van der Waals surface area (Å²) in [5.41, 5.74) is 11.1. The van der Waals surface area contributed by atoms with Crippen molar-refractivity contribution in [2.75, 3.05) is 18.8 Å². The fourth-order valence-electron chi connectivity index (χ4n) is 4.74. The van der Waals surface area contributed by atoms with Gasteiger partial charge in [0.25, 0.3) is 5.91 Å². The van der Waals surface area contributed by atoms with Crippen molar-refractivity contribution in [2.24, 2.45) is 0 Å². The molecule has 0 unspecified atom stereocenters. The minimum atomic E-state index is 0.0151. The van der Waals surface area contributed by atoms with Crippen LogP contribution in [0.15, 0.2) is 71.3 Å². The van der Waals surface area contributed by atoms with Gasteiger partial charge in [-0.2, -0.15) is 0 Å². The van der Waals surface area contributed by atoms with E-state index < -0.39 is 0 Å². The van der Waals surface area contributed by atoms with E-state index in [4.69, 9.17) is 21.8 Å². The van der Waals surface area contributed by atoms with Crippen LogP contribution in [0, 0.1) is 6.92 Å². The van der Waals surface area contributed by atoms with Gasteiger partial charge >= 0.3 is 0 Å². The number of hydrogen-bond donors (Lipinski definition) is 1. The fourth-order valence-corrected chi connectivity index (χ4v) is 4.94. The molecule has 1 aliphatic rings. The molecule has 194 valence electrons. The van der Waals surface area contributed by atoms with Crippen molar-refractivity contribution in [3.8, 4) is 11.1 Å². The van der Waals surface area contributed by atoms with Gasteiger partial charge in [-0.15, -0.1) is 11.6 Å². The number of alkyl halides is 1. The number of nitrogens with two attached hydrogens (primary N) is 1. The van der Waals surface area contributed by atoms with Gasteiger partial charge in [-0.3, -0.25) is 9.59 Å². The van der Waals surface area contributed by atoms with E-state index in [2.05, 4.69) is 17.1 Å². The first kappa shape index (κ1) is 25.7. The summed E-state index contributed by atoms with van der Waals surface area (Å²) >= 11 is 6.18. The molecule has 5 rings (SSSR count). The van der Waals surface area contributed by atoms with E-state index in [1.807, 2.05) is 48.2 Å². The second-order valence-corrected chi connectivity index (χ2v) is 10.4. The maximum Gasteiger partial charge on any atom is 0.253 e. The number of piperidine rings is 1. The quantitative estimate of drug-likeness (QED) is 0.220. The second kappa shape index (κ2) is 11.2. The molecule has 0 radical (unpaired) electrons. The number of aryl methyl sites for hydroxylation is 2. The number of aromatic nitrogens is 1. The van der Waals surface area contributed by atoms with E-state index in [-0.39, 0.29) is 17.1 Å². The maximum absolute atomic E-state index is 12.9. The van der Waals surface area contributed by atoms with Gasteiger partial charge in [-0.05, 0) is 96.6 Å². The molecule has 4 aromatic rings. The summed E-state index contributed by atoms with van der Waals surface area (Å²) in [6.07, 6.45) is 7.48. The number of rotatable bonds is 7. The highest BCUT2D eigenvalue weighted by atomic mass is 35.5. The molecule has 2 aromatic carbocycles. The first-order chi connectivity index (χ1) is 18.4. The number of anilines is 1. The van der Waals surface area contributed by atoms with E-state index in [9.17, 15) is 9.59 Å². The molecule has 2 N–H and O–H groups in total. The summed E-state index contributed by atoms with van der Waals surface area (Å²) in [6.45, 7) is 3.43. The third kappa shape index (κ3) is 5.97. The first-order valence-electron chi connectivity index (χ1n) is 12.8. The Labute approximate surface area is 227 Å². The summed E-state index contributed by atoms with van der Waals surface area (Å²) in [7, 11) is 0. The summed E-state index contributed by atoms with van der Waals surface area (Å²) in [5, 5.41) is 1.16. The zero-order chi connectivity index (χ0) is 26.6. The number of ketones is 1. The standard InChI is InChI=1S/C31H30ClN3O3/c1-20-16-24(22-4-6-23(7-5-22)31(37)35-14-12-26(32)13-15-35)17-25-18-28(38-30(20)25)10-9-27(36)8-2-21-3-11-29(33)34-19-21/h2-8,11,16-19,26H,9-10,12-15H2,1H3,(H2,33,34)/b8-2+. The molecule has 7 heteroatoms. The van der Waals surface area contributed by atoms with E-state index >= 15 is 0 Å². The minimum absolute atomic E-state index is 0.0151. The third-order valence-corrected chi connectivity index (χ3v) is 7.36. The van der Waals surface area contributed by atoms with Crippen molar-refractivity contribution in [2.45, 2.75) is 38.0 Å². The lowest BCUT2D eigenvalue weighted by atomic mass is 9.99. The van der Waals surface area contributed by atoms with Gasteiger partial charge in [0.15, 0.2) is 5.78 Å². The molecule has 1 fully saturated rings. The number of pyridine rings is 1. The molecule has 6 nitrogen and oxygen atoms in total. The number of fused-ring (bicyclic) bond motifs is 1. The average Bonchev–Trinajstić information content (AvgIpc) is 3.35. The monoisotopic (exact) mass is 527 g/mol. The predicted octanol–water partition coefficient (Wildman–Crippen LogP) is 6.44. The van der Waals surface area contributed by atoms with Gasteiger partial charge in [-0.25, -0.2) is 4.98 Å². The maximum atomic E-state index is 12.9. The summed E-state index contributed by atoms with van der Waals surface area (Å²) in [5.74, 6) is 1.29. The van der Waals surface area contributed by atoms with Crippen LogP contribution >= 0.6 is 11.6 Å². The van der Waals surface area contributed by atoms with Gasteiger partial charge in [0.2, 0.25) is 0 Å². The molecule has 0 atom stereocenters. The van der Waals surface area contributed by atoms with Crippen LogP contribution in [0.3, 0.4) is 0 Å². The fraction of sp³-hybridized carbons (Fsp3) is 0.258. The minimum Gasteiger partial charge on any atom is -0.461 e. The Kier molecular flexibility index (Phi) is 7.61. The van der Waals surface area contributed by atoms with E-state index in [1.165, 1.54) is 0 Å². The zero-order valence-corrected chi connectivity index (χ0v) is 22.1. The van der Waals surface area contributed by atoms with E-state index in [1.54, 1.807) is 24.4 Å². The van der Waals surface area contributed by atoms with Crippen molar-refractivity contribution in [3.05, 3.63) is 89.3 Å². The van der Waals surface area contributed by atoms with Crippen molar-refractivity contribution in [1.82, 2.24) is 9.88 Å². The van der Waals surface area contributed by atoms with Gasteiger partial charge in [0.1, 0.15) is 17.2 Å². The van der Waals surface area contributed by atoms with Crippen LogP contribution < -0.4 is 5.73 Å². The van der Waals surface area contributed by atoms with Gasteiger partial charge < -0.3 is 15.1 Å². The lowest BCUT2D eigenvalue weighted by molar-refractivity contribution is -0.114. The number of carbonyl (C=O) groups excluding carboxylic acids is 2. The number of benzene rings is 2. The molecule has 38 heavy (non-hydrogen) atoms. The van der Waals surface area contributed by atoms with Crippen LogP contribution in [0.2, 0.25) is 0 Å². The van der Waals surface area contributed by atoms with Crippen LogP contribution in [-0.4, -0.2) is 40.0 Å². The molecule has 0 bridgehead atoms. The second-order valence-electron chi connectivity index (χ2n) is 9.78. The normalized spacial score (nSPS) is 14.4. The highest BCUT2D eigenvalue weighted by Crippen LogP contribution is 2.31. The average molecular weight is 528 g/mol. The van der Waals surface area contributed by atoms with Crippen molar-refractivity contribution < 1.29 is 14.0 Å². The molecule has 0 aliphatic carbocycles. The number of nitrogen functional groups attached to an aromatic ring is 1. The summed E-state index contributed by atoms with van der Waals surface area (Å²) in [6, 6.07) is 17.5. The molecule has 1 aliphatic heterocycles. The van der Waals surface area contributed by atoms with E-state index in [0.717, 1.165) is 51.8 Å². The van der Waals surface area contributed by atoms with Crippen LogP contribution in [0.4, 0.5) is 5.82 Å². The number of amides is 1. The molecular weight excluding hydrogens is 498 g/mol. The lowest BCUT2D eigenvalue weighted by Gasteiger charge is -2.29. The van der Waals surface area contributed by atoms with Crippen LogP contribution in [0.1, 0.15) is 46.5 Å². The van der Waals surface area contributed by atoms with Crippen molar-refractivity contribution in [3.63, 3.8) is 0 Å². The Morgan fingerprint density at radius 2 is 1.84 bits per heavy atom. The number of furan rings is 1. The van der Waals surface area contributed by atoms with Crippen LogP contribution in [0.5, 0.6) is 0 Å². The van der Waals surface area contributed by atoms with Gasteiger partial charge in [-0.1, -0.05) is 12.1 Å². The third-order valence-electron chi connectivity index (χ3n) is 6.92. The Hall–Kier alpha value is -3.90. The lowest BCUT2D eigenvalue weighted by Crippen LogP contribution is -2.38. The molecule has 0 saturated carbocycles. The number of allylic oxidation sites excluding steroid dienone is 1. The summed E-state index contributed by atoms with van der Waals surface area (Å²) < 4.78 is 6.08. The van der Waals surface area contributed by atoms with Crippen molar-refractivity contribution in [1.29, 1.82) is 0 Å². The predicted molar refractivity (Wildman–Crippen MR) is 152 cm³/mol. The number of hydrogen-bond acceptors (Lipinski definition) is 5. The molecule has 0 spiro atoms. The van der Waals surface area contributed by atoms with Crippen molar-refractivity contribution >= 4 is 46.2 Å². The Morgan fingerprint density at radius 3 is 2.55 bits per heavy atom. The Bertz CT molecular complexity index is 1480. The molecule has 1 amide bonds. The zero-order valence-electron chi connectivity index (χ0n) is 21.3. The number of likely N-dealkylation sites (tertiary alicyclic amines) is 1. The Morgan fingerprint density at radius 1 is 1.08 bits per heavy atom. The van der Waals surface area contributed by atoms with E-state index in [0.29, 0.717) is 37.3 Å². The molecule has 1 saturated heterocycles. The Balaban J connectivity index is 1.25.